The third-order valence-corrected chi connectivity index (χ3v) is 5.28. The van der Waals surface area contributed by atoms with Gasteiger partial charge in [-0.15, -0.1) is 0 Å². The van der Waals surface area contributed by atoms with E-state index in [1.165, 1.54) is 6.26 Å². The molecule has 8 heteroatoms. The molecule has 0 aliphatic rings. The van der Waals surface area contributed by atoms with Crippen LogP contribution in [0, 0.1) is 6.92 Å². The molecule has 2 heterocycles. The van der Waals surface area contributed by atoms with Crippen molar-refractivity contribution in [1.29, 1.82) is 0 Å². The van der Waals surface area contributed by atoms with Gasteiger partial charge in [-0.1, -0.05) is 48.0 Å². The Hall–Kier alpha value is -4.46. The van der Waals surface area contributed by atoms with Gasteiger partial charge in [0.15, 0.2) is 11.5 Å². The zero-order valence-corrected chi connectivity index (χ0v) is 18.9. The molecule has 0 aliphatic heterocycles. The van der Waals surface area contributed by atoms with Gasteiger partial charge < -0.3 is 15.1 Å². The third-order valence-electron chi connectivity index (χ3n) is 5.28. The molecule has 8 nitrogen and oxygen atoms in total. The van der Waals surface area contributed by atoms with Crippen LogP contribution in [0.4, 0.5) is 5.69 Å². The number of carbonyl (C=O) groups is 3. The van der Waals surface area contributed by atoms with Gasteiger partial charge in [0.25, 0.3) is 11.8 Å². The second-order valence-electron chi connectivity index (χ2n) is 7.70. The van der Waals surface area contributed by atoms with Gasteiger partial charge >= 0.3 is 0 Å². The van der Waals surface area contributed by atoms with E-state index in [-0.39, 0.29) is 34.8 Å². The standard InChI is InChI=1S/C26H24N4O4/c1-3-30-16-22(23(29-30)26(33)27-15-19-7-6-14-34-19)28-25(32)21-9-5-4-8-20(21)24(31)18-12-10-17(2)11-13-18/h4-14,16H,3,15H2,1-2H3,(H,27,33)(H,28,32). The van der Waals surface area contributed by atoms with Crippen LogP contribution in [0.2, 0.25) is 0 Å². The number of anilines is 1. The first-order chi connectivity index (χ1) is 16.5. The smallest absolute Gasteiger partial charge is 0.274 e. The molecule has 0 unspecified atom stereocenters. The van der Waals surface area contributed by atoms with Gasteiger partial charge in [-0.25, -0.2) is 0 Å². The SMILES string of the molecule is CCn1cc(NC(=O)c2ccccc2C(=O)c2ccc(C)cc2)c(C(=O)NCc2ccco2)n1. The largest absolute Gasteiger partial charge is 0.467 e. The minimum absolute atomic E-state index is 0.0732. The van der Waals surface area contributed by atoms with E-state index < -0.39 is 11.8 Å². The van der Waals surface area contributed by atoms with Crippen LogP contribution in [0.15, 0.2) is 77.5 Å². The number of aryl methyl sites for hydroxylation is 2. The lowest BCUT2D eigenvalue weighted by molar-refractivity contribution is 0.0942. The van der Waals surface area contributed by atoms with Crippen molar-refractivity contribution >= 4 is 23.3 Å². The number of furan rings is 1. The second kappa shape index (κ2) is 9.99. The van der Waals surface area contributed by atoms with Crippen LogP contribution >= 0.6 is 0 Å². The predicted octanol–water partition coefficient (Wildman–Crippen LogP) is 4.22. The molecule has 2 aromatic heterocycles. The van der Waals surface area contributed by atoms with Crippen LogP contribution in [0.3, 0.4) is 0 Å². The zero-order chi connectivity index (χ0) is 24.1. The second-order valence-corrected chi connectivity index (χ2v) is 7.70. The molecule has 34 heavy (non-hydrogen) atoms. The Morgan fingerprint density at radius 3 is 2.35 bits per heavy atom. The Kier molecular flexibility index (Phi) is 6.68. The summed E-state index contributed by atoms with van der Waals surface area (Å²) in [6, 6.07) is 17.2. The summed E-state index contributed by atoms with van der Waals surface area (Å²) in [6.45, 7) is 4.51. The number of hydrogen-bond acceptors (Lipinski definition) is 5. The average molecular weight is 457 g/mol. The van der Waals surface area contributed by atoms with Crippen LogP contribution in [0.5, 0.6) is 0 Å². The number of nitrogens with one attached hydrogen (secondary N) is 2. The highest BCUT2D eigenvalue weighted by molar-refractivity contribution is 6.18. The molecule has 2 amide bonds. The maximum Gasteiger partial charge on any atom is 0.274 e. The first-order valence-corrected chi connectivity index (χ1v) is 10.9. The van der Waals surface area contributed by atoms with Crippen molar-refractivity contribution in [3.05, 3.63) is 107 Å². The summed E-state index contributed by atoms with van der Waals surface area (Å²) in [7, 11) is 0. The van der Waals surface area contributed by atoms with Crippen LogP contribution in [0.1, 0.15) is 55.0 Å². The lowest BCUT2D eigenvalue weighted by Crippen LogP contribution is -2.25. The van der Waals surface area contributed by atoms with Crippen LogP contribution in [0.25, 0.3) is 0 Å². The molecule has 0 aliphatic carbocycles. The molecule has 4 rings (SSSR count). The predicted molar refractivity (Wildman–Crippen MR) is 127 cm³/mol. The van der Waals surface area contributed by atoms with Crippen molar-refractivity contribution in [3.8, 4) is 0 Å². The quantitative estimate of drug-likeness (QED) is 0.386. The number of aromatic nitrogens is 2. The number of amides is 2. The maximum absolute atomic E-state index is 13.2. The number of carbonyl (C=O) groups excluding carboxylic acids is 3. The van der Waals surface area contributed by atoms with E-state index >= 15 is 0 Å². The Labute approximate surface area is 196 Å². The summed E-state index contributed by atoms with van der Waals surface area (Å²) in [5, 5.41) is 9.77. The van der Waals surface area contributed by atoms with Crippen molar-refractivity contribution in [1.82, 2.24) is 15.1 Å². The highest BCUT2D eigenvalue weighted by Crippen LogP contribution is 2.20. The van der Waals surface area contributed by atoms with Crippen molar-refractivity contribution in [2.45, 2.75) is 26.9 Å². The van der Waals surface area contributed by atoms with Gasteiger partial charge in [-0.05, 0) is 32.0 Å². The monoisotopic (exact) mass is 456 g/mol. The summed E-state index contributed by atoms with van der Waals surface area (Å²) >= 11 is 0. The Morgan fingerprint density at radius 1 is 0.941 bits per heavy atom. The Bertz CT molecular complexity index is 1320. The van der Waals surface area contributed by atoms with Gasteiger partial charge in [0.1, 0.15) is 5.76 Å². The summed E-state index contributed by atoms with van der Waals surface area (Å²) in [5.74, 6) is -0.626. The van der Waals surface area contributed by atoms with E-state index in [4.69, 9.17) is 4.42 Å². The van der Waals surface area contributed by atoms with Crippen molar-refractivity contribution in [3.63, 3.8) is 0 Å². The molecule has 172 valence electrons. The average Bonchev–Trinajstić information content (AvgIpc) is 3.52. The van der Waals surface area contributed by atoms with E-state index in [1.54, 1.807) is 59.4 Å². The fraction of sp³-hybridized carbons (Fsp3) is 0.154. The number of benzene rings is 2. The lowest BCUT2D eigenvalue weighted by Gasteiger charge is -2.10. The number of rotatable bonds is 8. The fourth-order valence-electron chi connectivity index (χ4n) is 3.44. The Balaban J connectivity index is 1.57. The van der Waals surface area contributed by atoms with E-state index in [0.29, 0.717) is 17.9 Å². The molecule has 0 radical (unpaired) electrons. The zero-order valence-electron chi connectivity index (χ0n) is 18.9. The van der Waals surface area contributed by atoms with Gasteiger partial charge in [0, 0.05) is 23.9 Å². The topological polar surface area (TPSA) is 106 Å². The van der Waals surface area contributed by atoms with Crippen molar-refractivity contribution in [2.24, 2.45) is 0 Å². The van der Waals surface area contributed by atoms with E-state index in [2.05, 4.69) is 15.7 Å². The normalized spacial score (nSPS) is 10.6. The molecule has 0 saturated carbocycles. The maximum atomic E-state index is 13.2. The lowest BCUT2D eigenvalue weighted by atomic mass is 9.97. The third kappa shape index (κ3) is 4.96. The first kappa shape index (κ1) is 22.7. The molecule has 0 fully saturated rings. The molecule has 0 saturated heterocycles. The molecule has 0 spiro atoms. The molecule has 4 aromatic rings. The van der Waals surface area contributed by atoms with Gasteiger partial charge in [0.05, 0.1) is 24.1 Å². The van der Waals surface area contributed by atoms with Crippen LogP contribution in [-0.2, 0) is 13.1 Å². The van der Waals surface area contributed by atoms with Gasteiger partial charge in [-0.2, -0.15) is 5.10 Å². The minimum atomic E-state index is -0.508. The van der Waals surface area contributed by atoms with Crippen molar-refractivity contribution < 1.29 is 18.8 Å². The summed E-state index contributed by atoms with van der Waals surface area (Å²) < 4.78 is 6.79. The van der Waals surface area contributed by atoms with E-state index in [0.717, 1.165) is 5.56 Å². The van der Waals surface area contributed by atoms with Gasteiger partial charge in [0.2, 0.25) is 0 Å². The van der Waals surface area contributed by atoms with Gasteiger partial charge in [-0.3, -0.25) is 19.1 Å². The summed E-state index contributed by atoms with van der Waals surface area (Å²) in [4.78, 5) is 39.0. The molecular formula is C26H24N4O4. The first-order valence-electron chi connectivity index (χ1n) is 10.9. The number of hydrogen-bond donors (Lipinski definition) is 2. The van der Waals surface area contributed by atoms with E-state index in [9.17, 15) is 14.4 Å². The molecule has 2 N–H and O–H groups in total. The fourth-order valence-corrected chi connectivity index (χ4v) is 3.44. The van der Waals surface area contributed by atoms with E-state index in [1.807, 2.05) is 26.0 Å². The highest BCUT2D eigenvalue weighted by Gasteiger charge is 2.22. The van der Waals surface area contributed by atoms with Crippen LogP contribution < -0.4 is 10.6 Å². The molecule has 0 atom stereocenters. The van der Waals surface area contributed by atoms with Crippen molar-refractivity contribution in [2.75, 3.05) is 5.32 Å². The minimum Gasteiger partial charge on any atom is -0.467 e. The van der Waals surface area contributed by atoms with Crippen LogP contribution in [-0.4, -0.2) is 27.4 Å². The Morgan fingerprint density at radius 2 is 1.68 bits per heavy atom. The number of ketones is 1. The molecule has 0 bridgehead atoms. The summed E-state index contributed by atoms with van der Waals surface area (Å²) in [6.07, 6.45) is 3.11. The molecular weight excluding hydrogens is 432 g/mol. The number of nitrogens with zero attached hydrogens (tertiary/aromatic N) is 2. The highest BCUT2D eigenvalue weighted by atomic mass is 16.3. The molecule has 2 aromatic carbocycles. The summed E-state index contributed by atoms with van der Waals surface area (Å²) in [5.41, 5.74) is 2.33.